The van der Waals surface area contributed by atoms with E-state index in [4.69, 9.17) is 18.9 Å². The number of hydrogen-bond acceptors (Lipinski definition) is 6. The summed E-state index contributed by atoms with van der Waals surface area (Å²) < 4.78 is 24.7. The number of carbonyl (C=O) groups is 1. The van der Waals surface area contributed by atoms with Crippen molar-refractivity contribution in [3.8, 4) is 23.0 Å². The molecule has 8 heteroatoms. The molecule has 30 heavy (non-hydrogen) atoms. The monoisotopic (exact) mass is 430 g/mol. The Morgan fingerprint density at radius 1 is 1.00 bits per heavy atom. The average Bonchev–Trinajstić information content (AvgIpc) is 3.12. The predicted octanol–water partition coefficient (Wildman–Crippen LogP) is 4.20. The summed E-state index contributed by atoms with van der Waals surface area (Å²) in [6.45, 7) is 4.85. The van der Waals surface area contributed by atoms with E-state index in [1.165, 1.54) is 32.7 Å². The topological polar surface area (TPSA) is 71.3 Å². The molecule has 1 heterocycles. The number of amides is 1. The lowest BCUT2D eigenvalue weighted by molar-refractivity contribution is 0.0997. The van der Waals surface area contributed by atoms with E-state index in [0.717, 1.165) is 34.5 Å². The Labute approximate surface area is 179 Å². The predicted molar refractivity (Wildman–Crippen MR) is 117 cm³/mol. The molecule has 0 atom stereocenters. The van der Waals surface area contributed by atoms with E-state index in [1.807, 2.05) is 23.6 Å². The van der Waals surface area contributed by atoms with Crippen LogP contribution in [-0.2, 0) is 6.54 Å². The first-order valence-corrected chi connectivity index (χ1v) is 10.4. The molecule has 1 amide bonds. The molecule has 0 fully saturated rings. The van der Waals surface area contributed by atoms with Crippen LogP contribution in [0, 0.1) is 6.92 Å². The van der Waals surface area contributed by atoms with E-state index in [-0.39, 0.29) is 5.91 Å². The quantitative estimate of drug-likeness (QED) is 0.562. The van der Waals surface area contributed by atoms with Crippen LogP contribution in [0.5, 0.6) is 23.0 Å². The van der Waals surface area contributed by atoms with Crippen LogP contribution in [0.2, 0.25) is 0 Å². The van der Waals surface area contributed by atoms with Gasteiger partial charge in [-0.3, -0.25) is 4.79 Å². The lowest BCUT2D eigenvalue weighted by Gasteiger charge is -2.12. The van der Waals surface area contributed by atoms with Gasteiger partial charge in [0.1, 0.15) is 11.3 Å². The molecule has 160 valence electrons. The first kappa shape index (κ1) is 21.7. The number of hydrogen-bond donors (Lipinski definition) is 0. The third-order valence-corrected chi connectivity index (χ3v) is 5.98. The summed E-state index contributed by atoms with van der Waals surface area (Å²) in [5.41, 5.74) is 2.43. The number of methoxy groups -OCH3 is 4. The Morgan fingerprint density at radius 2 is 1.63 bits per heavy atom. The second-order valence-corrected chi connectivity index (χ2v) is 7.61. The minimum Gasteiger partial charge on any atom is -0.495 e. The highest BCUT2D eigenvalue weighted by Crippen LogP contribution is 2.38. The number of aryl methyl sites for hydroxylation is 2. The third kappa shape index (κ3) is 3.87. The van der Waals surface area contributed by atoms with Crippen LogP contribution >= 0.6 is 11.3 Å². The summed E-state index contributed by atoms with van der Waals surface area (Å²) in [6, 6.07) is 7.17. The smallest absolute Gasteiger partial charge is 0.279 e. The number of rotatable bonds is 7. The van der Waals surface area contributed by atoms with Gasteiger partial charge in [0, 0.05) is 12.1 Å². The second kappa shape index (κ2) is 9.21. The number of benzene rings is 2. The van der Waals surface area contributed by atoms with Crippen molar-refractivity contribution in [3.05, 3.63) is 40.2 Å². The summed E-state index contributed by atoms with van der Waals surface area (Å²) in [5, 5.41) is 0. The minimum atomic E-state index is -0.387. The summed E-state index contributed by atoms with van der Waals surface area (Å²) in [6.07, 6.45) is 0.897. The molecule has 0 saturated carbocycles. The van der Waals surface area contributed by atoms with Crippen molar-refractivity contribution >= 4 is 27.5 Å². The first-order chi connectivity index (χ1) is 14.5. The molecule has 2 aromatic carbocycles. The number of aromatic nitrogens is 1. The first-order valence-electron chi connectivity index (χ1n) is 9.55. The maximum Gasteiger partial charge on any atom is 0.279 e. The molecule has 0 unspecified atom stereocenters. The van der Waals surface area contributed by atoms with Crippen molar-refractivity contribution in [2.24, 2.45) is 4.99 Å². The highest BCUT2D eigenvalue weighted by molar-refractivity contribution is 7.16. The number of thiazole rings is 1. The molecule has 3 rings (SSSR count). The van der Waals surface area contributed by atoms with Gasteiger partial charge in [-0.15, -0.1) is 0 Å². The van der Waals surface area contributed by atoms with Crippen molar-refractivity contribution in [1.82, 2.24) is 4.57 Å². The van der Waals surface area contributed by atoms with E-state index >= 15 is 0 Å². The molecule has 0 radical (unpaired) electrons. The maximum atomic E-state index is 13.1. The summed E-state index contributed by atoms with van der Waals surface area (Å²) in [5.74, 6) is 1.63. The van der Waals surface area contributed by atoms with E-state index in [0.29, 0.717) is 27.6 Å². The summed E-state index contributed by atoms with van der Waals surface area (Å²) >= 11 is 1.48. The third-order valence-electron chi connectivity index (χ3n) is 4.76. The molecule has 3 aromatic rings. The van der Waals surface area contributed by atoms with Crippen molar-refractivity contribution < 1.29 is 23.7 Å². The van der Waals surface area contributed by atoms with E-state index < -0.39 is 0 Å². The standard InChI is InChI=1S/C22H26N2O5S/c1-7-10-24-18-15(26-3)9-8-13(2)20(18)30-22(24)23-21(25)14-11-16(27-4)19(29-6)17(12-14)28-5/h8-9,11-12H,7,10H2,1-6H3. The molecule has 0 aliphatic heterocycles. The van der Waals surface area contributed by atoms with Gasteiger partial charge in [-0.05, 0) is 37.1 Å². The molecule has 0 N–H and O–H groups in total. The maximum absolute atomic E-state index is 13.1. The SMILES string of the molecule is CCCn1c(=NC(=O)c2cc(OC)c(OC)c(OC)c2)sc2c(C)ccc(OC)c21. The van der Waals surface area contributed by atoms with Crippen LogP contribution in [0.3, 0.4) is 0 Å². The molecule has 0 aliphatic carbocycles. The van der Waals surface area contributed by atoms with E-state index in [1.54, 1.807) is 19.2 Å². The van der Waals surface area contributed by atoms with Crippen LogP contribution in [0.25, 0.3) is 10.2 Å². The normalized spacial score (nSPS) is 11.6. The van der Waals surface area contributed by atoms with Crippen molar-refractivity contribution in [1.29, 1.82) is 0 Å². The van der Waals surface area contributed by atoms with Crippen molar-refractivity contribution in [2.45, 2.75) is 26.8 Å². The summed E-state index contributed by atoms with van der Waals surface area (Å²) in [4.78, 5) is 18.1. The van der Waals surface area contributed by atoms with Gasteiger partial charge < -0.3 is 23.5 Å². The molecular weight excluding hydrogens is 404 g/mol. The molecule has 1 aromatic heterocycles. The number of ether oxygens (including phenoxy) is 4. The second-order valence-electron chi connectivity index (χ2n) is 6.63. The highest BCUT2D eigenvalue weighted by Gasteiger charge is 2.18. The van der Waals surface area contributed by atoms with Gasteiger partial charge in [0.15, 0.2) is 16.3 Å². The van der Waals surface area contributed by atoms with Gasteiger partial charge >= 0.3 is 0 Å². The minimum absolute atomic E-state index is 0.355. The average molecular weight is 431 g/mol. The summed E-state index contributed by atoms with van der Waals surface area (Å²) in [7, 11) is 6.20. The van der Waals surface area contributed by atoms with Gasteiger partial charge in [0.2, 0.25) is 5.75 Å². The lowest BCUT2D eigenvalue weighted by Crippen LogP contribution is -2.17. The molecular formula is C22H26N2O5S. The van der Waals surface area contributed by atoms with Gasteiger partial charge in [0.25, 0.3) is 5.91 Å². The fraction of sp³-hybridized carbons (Fsp3) is 0.364. The Bertz CT molecular complexity index is 1120. The Morgan fingerprint density at radius 3 is 2.17 bits per heavy atom. The largest absolute Gasteiger partial charge is 0.495 e. The van der Waals surface area contributed by atoms with Crippen molar-refractivity contribution in [2.75, 3.05) is 28.4 Å². The lowest BCUT2D eigenvalue weighted by atomic mass is 10.1. The molecule has 0 bridgehead atoms. The van der Waals surface area contributed by atoms with Gasteiger partial charge in [-0.25, -0.2) is 0 Å². The molecule has 7 nitrogen and oxygen atoms in total. The zero-order valence-electron chi connectivity index (χ0n) is 18.1. The van der Waals surface area contributed by atoms with E-state index in [9.17, 15) is 4.79 Å². The van der Waals surface area contributed by atoms with Crippen LogP contribution < -0.4 is 23.7 Å². The highest BCUT2D eigenvalue weighted by atomic mass is 32.1. The van der Waals surface area contributed by atoms with E-state index in [2.05, 4.69) is 11.9 Å². The van der Waals surface area contributed by atoms with Gasteiger partial charge in [0.05, 0.1) is 33.1 Å². The van der Waals surface area contributed by atoms with Crippen LogP contribution in [0.1, 0.15) is 29.3 Å². The number of carbonyl (C=O) groups excluding carboxylic acids is 1. The van der Waals surface area contributed by atoms with Gasteiger partial charge in [-0.2, -0.15) is 4.99 Å². The van der Waals surface area contributed by atoms with Crippen LogP contribution in [0.4, 0.5) is 0 Å². The zero-order chi connectivity index (χ0) is 21.8. The van der Waals surface area contributed by atoms with Crippen LogP contribution in [-0.4, -0.2) is 38.9 Å². The zero-order valence-corrected chi connectivity index (χ0v) is 18.9. The molecule has 0 spiro atoms. The fourth-order valence-electron chi connectivity index (χ4n) is 3.32. The number of nitrogens with zero attached hydrogens (tertiary/aromatic N) is 2. The fourth-order valence-corrected chi connectivity index (χ4v) is 4.46. The Hall–Kier alpha value is -3.00. The van der Waals surface area contributed by atoms with Crippen molar-refractivity contribution in [3.63, 3.8) is 0 Å². The number of fused-ring (bicyclic) bond motifs is 1. The molecule has 0 saturated heterocycles. The van der Waals surface area contributed by atoms with Crippen LogP contribution in [0.15, 0.2) is 29.3 Å². The Balaban J connectivity index is 2.21. The van der Waals surface area contributed by atoms with Gasteiger partial charge in [-0.1, -0.05) is 24.3 Å². The Kier molecular flexibility index (Phi) is 6.66. The molecule has 0 aliphatic rings.